The third kappa shape index (κ3) is 4.30. The summed E-state index contributed by atoms with van der Waals surface area (Å²) < 4.78 is 5.64. The fourth-order valence-corrected chi connectivity index (χ4v) is 3.57. The van der Waals surface area contributed by atoms with Crippen molar-refractivity contribution < 1.29 is 19.4 Å². The smallest absolute Gasteiger partial charge is 0.305 e. The minimum Gasteiger partial charge on any atom is -0.481 e. The number of para-hydroxylation sites is 1. The number of hydrogen-bond donors (Lipinski definition) is 1. The number of benzene rings is 1. The highest BCUT2D eigenvalue weighted by molar-refractivity contribution is 7.99. The Morgan fingerprint density at radius 3 is 2.91 bits per heavy atom. The maximum Gasteiger partial charge on any atom is 0.305 e. The fraction of sp³-hybridized carbons (Fsp3) is 0.467. The lowest BCUT2D eigenvalue weighted by Crippen LogP contribution is -2.51. The normalized spacial score (nSPS) is 19.5. The van der Waals surface area contributed by atoms with E-state index in [1.54, 1.807) is 47.9 Å². The van der Waals surface area contributed by atoms with Crippen LogP contribution in [0.3, 0.4) is 0 Å². The number of halogens is 1. The lowest BCUT2D eigenvalue weighted by molar-refractivity contribution is -0.143. The highest BCUT2D eigenvalue weighted by atomic mass is 35.5. The number of carboxylic acid groups (broad SMARTS) is 1. The largest absolute Gasteiger partial charge is 0.481 e. The van der Waals surface area contributed by atoms with E-state index in [0.29, 0.717) is 23.1 Å². The molecular formula is C15H18ClNO4S. The first-order valence-corrected chi connectivity index (χ1v) is 8.53. The molecule has 120 valence electrons. The van der Waals surface area contributed by atoms with Crippen LogP contribution >= 0.6 is 23.4 Å². The van der Waals surface area contributed by atoms with E-state index in [-0.39, 0.29) is 18.4 Å². The fourth-order valence-electron chi connectivity index (χ4n) is 2.33. The van der Waals surface area contributed by atoms with Gasteiger partial charge in [0.1, 0.15) is 5.75 Å². The van der Waals surface area contributed by atoms with E-state index in [0.717, 1.165) is 5.75 Å². The van der Waals surface area contributed by atoms with Crippen LogP contribution in [0.25, 0.3) is 0 Å². The molecule has 0 aliphatic carbocycles. The zero-order valence-electron chi connectivity index (χ0n) is 12.2. The van der Waals surface area contributed by atoms with Crippen LogP contribution in [0.1, 0.15) is 13.3 Å². The Balaban J connectivity index is 2.04. The van der Waals surface area contributed by atoms with E-state index in [2.05, 4.69) is 0 Å². The van der Waals surface area contributed by atoms with Crippen molar-refractivity contribution in [2.75, 3.05) is 18.1 Å². The Kier molecular flexibility index (Phi) is 5.97. The molecule has 2 rings (SSSR count). The second kappa shape index (κ2) is 7.74. The summed E-state index contributed by atoms with van der Waals surface area (Å²) in [6.45, 7) is 2.20. The molecular weight excluding hydrogens is 326 g/mol. The number of thioether (sulfide) groups is 1. The maximum atomic E-state index is 12.6. The van der Waals surface area contributed by atoms with Gasteiger partial charge < -0.3 is 14.7 Å². The zero-order valence-corrected chi connectivity index (χ0v) is 13.8. The summed E-state index contributed by atoms with van der Waals surface area (Å²) in [5.41, 5.74) is 0. The Morgan fingerprint density at radius 2 is 2.23 bits per heavy atom. The zero-order chi connectivity index (χ0) is 16.1. The molecule has 0 saturated carbocycles. The van der Waals surface area contributed by atoms with E-state index < -0.39 is 12.1 Å². The van der Waals surface area contributed by atoms with Crippen LogP contribution in [0.5, 0.6) is 5.75 Å². The second-order valence-corrected chi connectivity index (χ2v) is 6.61. The summed E-state index contributed by atoms with van der Waals surface area (Å²) in [5.74, 6) is 0.792. The standard InChI is InChI=1S/C15H18ClNO4S/c1-10(21-13-5-3-2-4-12(13)16)15(20)17-6-7-22-9-11(17)8-14(18)19/h2-5,10-11H,6-9H2,1H3,(H,18,19). The summed E-state index contributed by atoms with van der Waals surface area (Å²) in [7, 11) is 0. The van der Waals surface area contributed by atoms with Gasteiger partial charge in [0.15, 0.2) is 6.10 Å². The molecule has 2 unspecified atom stereocenters. The lowest BCUT2D eigenvalue weighted by Gasteiger charge is -2.36. The topological polar surface area (TPSA) is 66.8 Å². The molecule has 1 amide bonds. The van der Waals surface area contributed by atoms with Crippen molar-refractivity contribution in [3.8, 4) is 5.75 Å². The molecule has 0 bridgehead atoms. The van der Waals surface area contributed by atoms with Crippen molar-refractivity contribution in [1.82, 2.24) is 4.90 Å². The van der Waals surface area contributed by atoms with Crippen LogP contribution in [-0.4, -0.2) is 52.1 Å². The highest BCUT2D eigenvalue weighted by Crippen LogP contribution is 2.26. The molecule has 1 aromatic carbocycles. The summed E-state index contributed by atoms with van der Waals surface area (Å²) >= 11 is 7.69. The van der Waals surface area contributed by atoms with Gasteiger partial charge in [0.2, 0.25) is 0 Å². The van der Waals surface area contributed by atoms with E-state index in [9.17, 15) is 9.59 Å². The first-order chi connectivity index (χ1) is 10.5. The van der Waals surface area contributed by atoms with Gasteiger partial charge in [0.25, 0.3) is 5.91 Å². The summed E-state index contributed by atoms with van der Waals surface area (Å²) in [5, 5.41) is 9.42. The summed E-state index contributed by atoms with van der Waals surface area (Å²) in [6.07, 6.45) is -0.753. The van der Waals surface area contributed by atoms with Gasteiger partial charge in [0, 0.05) is 18.1 Å². The third-order valence-electron chi connectivity index (χ3n) is 3.41. The monoisotopic (exact) mass is 343 g/mol. The van der Waals surface area contributed by atoms with Crippen LogP contribution < -0.4 is 4.74 Å². The molecule has 1 saturated heterocycles. The van der Waals surface area contributed by atoms with Gasteiger partial charge in [0.05, 0.1) is 17.5 Å². The first kappa shape index (κ1) is 17.0. The highest BCUT2D eigenvalue weighted by Gasteiger charge is 2.32. The van der Waals surface area contributed by atoms with Gasteiger partial charge in [-0.2, -0.15) is 11.8 Å². The Bertz CT molecular complexity index is 554. The average Bonchev–Trinajstić information content (AvgIpc) is 2.49. The number of nitrogens with zero attached hydrogens (tertiary/aromatic N) is 1. The predicted octanol–water partition coefficient (Wildman–Crippen LogP) is 2.53. The van der Waals surface area contributed by atoms with Gasteiger partial charge in [-0.05, 0) is 19.1 Å². The second-order valence-electron chi connectivity index (χ2n) is 5.05. The van der Waals surface area contributed by atoms with E-state index >= 15 is 0 Å². The number of hydrogen-bond acceptors (Lipinski definition) is 4. The molecule has 0 aromatic heterocycles. The maximum absolute atomic E-state index is 12.6. The molecule has 5 nitrogen and oxygen atoms in total. The molecule has 1 aliphatic heterocycles. The van der Waals surface area contributed by atoms with Crippen molar-refractivity contribution in [2.24, 2.45) is 0 Å². The number of ether oxygens (including phenoxy) is 1. The molecule has 1 N–H and O–H groups in total. The number of carboxylic acids is 1. The van der Waals surface area contributed by atoms with E-state index in [1.807, 2.05) is 0 Å². The van der Waals surface area contributed by atoms with E-state index in [1.165, 1.54) is 0 Å². The van der Waals surface area contributed by atoms with Gasteiger partial charge in [-0.15, -0.1) is 0 Å². The SMILES string of the molecule is CC(Oc1ccccc1Cl)C(=O)N1CCSCC1CC(=O)O. The minimum atomic E-state index is -0.898. The number of carbonyl (C=O) groups excluding carboxylic acids is 1. The molecule has 1 aromatic rings. The molecule has 22 heavy (non-hydrogen) atoms. The van der Waals surface area contributed by atoms with E-state index in [4.69, 9.17) is 21.4 Å². The number of aliphatic carboxylic acids is 1. The molecule has 0 radical (unpaired) electrons. The van der Waals surface area contributed by atoms with Gasteiger partial charge in [-0.25, -0.2) is 0 Å². The van der Waals surface area contributed by atoms with Crippen LogP contribution in [0.4, 0.5) is 0 Å². The van der Waals surface area contributed by atoms with Crippen LogP contribution in [-0.2, 0) is 9.59 Å². The molecule has 1 fully saturated rings. The Hall–Kier alpha value is -1.40. The first-order valence-electron chi connectivity index (χ1n) is 7.00. The minimum absolute atomic E-state index is 0.0441. The average molecular weight is 344 g/mol. The van der Waals surface area contributed by atoms with Crippen LogP contribution in [0.2, 0.25) is 5.02 Å². The number of rotatable bonds is 5. The van der Waals surface area contributed by atoms with Crippen LogP contribution in [0.15, 0.2) is 24.3 Å². The molecule has 2 atom stereocenters. The third-order valence-corrected chi connectivity index (χ3v) is 4.81. The van der Waals surface area contributed by atoms with Crippen molar-refractivity contribution in [3.63, 3.8) is 0 Å². The van der Waals surface area contributed by atoms with Crippen LogP contribution in [0, 0.1) is 0 Å². The molecule has 1 aliphatic rings. The number of carbonyl (C=O) groups is 2. The van der Waals surface area contributed by atoms with Crippen molar-refractivity contribution >= 4 is 35.2 Å². The number of amides is 1. The Morgan fingerprint density at radius 1 is 1.50 bits per heavy atom. The molecule has 7 heteroatoms. The van der Waals surface area contributed by atoms with Gasteiger partial charge >= 0.3 is 5.97 Å². The van der Waals surface area contributed by atoms with Crippen molar-refractivity contribution in [3.05, 3.63) is 29.3 Å². The van der Waals surface area contributed by atoms with Gasteiger partial charge in [-0.1, -0.05) is 23.7 Å². The molecule has 1 heterocycles. The van der Waals surface area contributed by atoms with Crippen molar-refractivity contribution in [1.29, 1.82) is 0 Å². The molecule has 0 spiro atoms. The van der Waals surface area contributed by atoms with Crippen molar-refractivity contribution in [2.45, 2.75) is 25.5 Å². The van der Waals surface area contributed by atoms with Gasteiger partial charge in [-0.3, -0.25) is 9.59 Å². The summed E-state index contributed by atoms with van der Waals surface area (Å²) in [4.78, 5) is 25.1. The predicted molar refractivity (Wildman–Crippen MR) is 86.6 cm³/mol. The summed E-state index contributed by atoms with van der Waals surface area (Å²) in [6, 6.07) is 6.67. The quantitative estimate of drug-likeness (QED) is 0.889. The Labute approximate surface area is 138 Å². The lowest BCUT2D eigenvalue weighted by atomic mass is 10.1.